The molecule has 78 valence electrons. The van der Waals surface area contributed by atoms with Crippen LogP contribution < -0.4 is 5.11 Å². The molecule has 0 unspecified atom stereocenters. The van der Waals surface area contributed by atoms with Gasteiger partial charge in [0.25, 0.3) is 0 Å². The first kappa shape index (κ1) is 11.0. The standard InChI is InChI=1S/C11H22NO/c1-11-5-8-12(9-6-11)7-3-2-4-10-13/h11H,2-10H2,1H3/q-1. The SMILES string of the molecule is CC1CCN(CCCCC[O-])CC1. The van der Waals surface area contributed by atoms with Crippen LogP contribution in [0.2, 0.25) is 0 Å². The van der Waals surface area contributed by atoms with Gasteiger partial charge < -0.3 is 10.0 Å². The smallest absolute Gasteiger partial charge is 0.00162 e. The molecule has 0 aliphatic carbocycles. The van der Waals surface area contributed by atoms with Gasteiger partial charge in [0.2, 0.25) is 0 Å². The first-order chi connectivity index (χ1) is 6.33. The van der Waals surface area contributed by atoms with Gasteiger partial charge in [0.1, 0.15) is 0 Å². The van der Waals surface area contributed by atoms with Crippen LogP contribution in [0, 0.1) is 5.92 Å². The largest absolute Gasteiger partial charge is 0.854 e. The van der Waals surface area contributed by atoms with Gasteiger partial charge in [-0.1, -0.05) is 19.8 Å². The van der Waals surface area contributed by atoms with Crippen molar-refractivity contribution in [3.63, 3.8) is 0 Å². The lowest BCUT2D eigenvalue weighted by Crippen LogP contribution is -2.33. The van der Waals surface area contributed by atoms with Crippen LogP contribution in [-0.2, 0) is 0 Å². The van der Waals surface area contributed by atoms with E-state index >= 15 is 0 Å². The topological polar surface area (TPSA) is 26.3 Å². The van der Waals surface area contributed by atoms with Crippen LogP contribution in [0.1, 0.15) is 39.0 Å². The van der Waals surface area contributed by atoms with E-state index in [2.05, 4.69) is 11.8 Å². The van der Waals surface area contributed by atoms with Gasteiger partial charge in [-0.25, -0.2) is 0 Å². The summed E-state index contributed by atoms with van der Waals surface area (Å²) < 4.78 is 0. The molecule has 0 atom stereocenters. The van der Waals surface area contributed by atoms with E-state index in [-0.39, 0.29) is 6.61 Å². The Hall–Kier alpha value is -0.0800. The highest BCUT2D eigenvalue weighted by Crippen LogP contribution is 2.16. The van der Waals surface area contributed by atoms with E-state index in [0.717, 1.165) is 18.8 Å². The minimum atomic E-state index is 0.108. The molecule has 0 spiro atoms. The number of hydrogen-bond donors (Lipinski definition) is 0. The van der Waals surface area contributed by atoms with Crippen LogP contribution in [0.5, 0.6) is 0 Å². The van der Waals surface area contributed by atoms with Gasteiger partial charge in [-0.15, -0.1) is 6.61 Å². The molecule has 0 aromatic carbocycles. The molecule has 2 heteroatoms. The summed E-state index contributed by atoms with van der Waals surface area (Å²) in [5.41, 5.74) is 0. The molecule has 1 saturated heterocycles. The quantitative estimate of drug-likeness (QED) is 0.601. The average molecular weight is 184 g/mol. The molecule has 0 N–H and O–H groups in total. The predicted octanol–water partition coefficient (Wildman–Crippen LogP) is 1.25. The van der Waals surface area contributed by atoms with Gasteiger partial charge in [-0.05, 0) is 44.8 Å². The molecule has 13 heavy (non-hydrogen) atoms. The third kappa shape index (κ3) is 4.63. The summed E-state index contributed by atoms with van der Waals surface area (Å²) in [7, 11) is 0. The van der Waals surface area contributed by atoms with Gasteiger partial charge in [-0.3, -0.25) is 0 Å². The minimum absolute atomic E-state index is 0.108. The van der Waals surface area contributed by atoms with E-state index in [4.69, 9.17) is 0 Å². The Balaban J connectivity index is 1.96. The number of likely N-dealkylation sites (tertiary alicyclic amines) is 1. The van der Waals surface area contributed by atoms with Crippen LogP contribution in [0.4, 0.5) is 0 Å². The number of piperidine rings is 1. The summed E-state index contributed by atoms with van der Waals surface area (Å²) in [5.74, 6) is 0.929. The summed E-state index contributed by atoms with van der Waals surface area (Å²) in [6.45, 7) is 6.22. The minimum Gasteiger partial charge on any atom is -0.854 e. The Kier molecular flexibility index (Phi) is 5.40. The maximum absolute atomic E-state index is 10.2. The summed E-state index contributed by atoms with van der Waals surface area (Å²) in [5, 5.41) is 10.2. The normalized spacial score (nSPS) is 20.8. The van der Waals surface area contributed by atoms with Crippen molar-refractivity contribution < 1.29 is 5.11 Å². The molecule has 1 heterocycles. The van der Waals surface area contributed by atoms with Crippen molar-refractivity contribution in [2.24, 2.45) is 5.92 Å². The summed E-state index contributed by atoms with van der Waals surface area (Å²) in [6, 6.07) is 0. The van der Waals surface area contributed by atoms with Crippen molar-refractivity contribution in [3.05, 3.63) is 0 Å². The third-order valence-corrected chi connectivity index (χ3v) is 2.99. The van der Waals surface area contributed by atoms with Crippen LogP contribution in [0.25, 0.3) is 0 Å². The Morgan fingerprint density at radius 3 is 2.46 bits per heavy atom. The molecule has 1 aliphatic heterocycles. The highest BCUT2D eigenvalue weighted by Gasteiger charge is 2.14. The monoisotopic (exact) mass is 184 g/mol. The van der Waals surface area contributed by atoms with Gasteiger partial charge in [0.05, 0.1) is 0 Å². The summed E-state index contributed by atoms with van der Waals surface area (Å²) >= 11 is 0. The lowest BCUT2D eigenvalue weighted by atomic mass is 9.99. The van der Waals surface area contributed by atoms with Crippen LogP contribution in [0.3, 0.4) is 0 Å². The second-order valence-corrected chi connectivity index (χ2v) is 4.29. The Morgan fingerprint density at radius 1 is 1.15 bits per heavy atom. The number of rotatable bonds is 5. The third-order valence-electron chi connectivity index (χ3n) is 2.99. The molecule has 1 rings (SSSR count). The zero-order valence-electron chi connectivity index (χ0n) is 8.80. The van der Waals surface area contributed by atoms with E-state index in [0.29, 0.717) is 0 Å². The van der Waals surface area contributed by atoms with Crippen LogP contribution in [0.15, 0.2) is 0 Å². The Morgan fingerprint density at radius 2 is 1.85 bits per heavy atom. The van der Waals surface area contributed by atoms with E-state index in [1.807, 2.05) is 0 Å². The molecule has 0 bridgehead atoms. The Labute approximate surface area is 81.9 Å². The average Bonchev–Trinajstić information content (AvgIpc) is 2.15. The van der Waals surface area contributed by atoms with Crippen LogP contribution in [-0.4, -0.2) is 31.1 Å². The van der Waals surface area contributed by atoms with E-state index in [1.54, 1.807) is 0 Å². The number of unbranched alkanes of at least 4 members (excludes halogenated alkanes) is 2. The molecule has 0 saturated carbocycles. The molecule has 0 radical (unpaired) electrons. The van der Waals surface area contributed by atoms with E-state index in [9.17, 15) is 5.11 Å². The van der Waals surface area contributed by atoms with Gasteiger partial charge in [0.15, 0.2) is 0 Å². The lowest BCUT2D eigenvalue weighted by Gasteiger charge is -2.30. The molecular formula is C11H22NO-. The van der Waals surface area contributed by atoms with Gasteiger partial charge in [-0.2, -0.15) is 0 Å². The predicted molar refractivity (Wildman–Crippen MR) is 53.6 cm³/mol. The molecule has 1 fully saturated rings. The van der Waals surface area contributed by atoms with Crippen molar-refractivity contribution in [1.29, 1.82) is 0 Å². The highest BCUT2D eigenvalue weighted by atomic mass is 16.2. The fourth-order valence-electron chi connectivity index (χ4n) is 1.90. The maximum Gasteiger partial charge on any atom is -0.00162 e. The fourth-order valence-corrected chi connectivity index (χ4v) is 1.90. The first-order valence-electron chi connectivity index (χ1n) is 5.63. The van der Waals surface area contributed by atoms with Crippen LogP contribution >= 0.6 is 0 Å². The summed E-state index contributed by atoms with van der Waals surface area (Å²) in [6.07, 6.45) is 5.93. The zero-order chi connectivity index (χ0) is 9.52. The fraction of sp³-hybridized carbons (Fsp3) is 1.00. The Bertz CT molecular complexity index is 119. The van der Waals surface area contributed by atoms with E-state index < -0.39 is 0 Å². The second kappa shape index (κ2) is 6.39. The second-order valence-electron chi connectivity index (χ2n) is 4.29. The van der Waals surface area contributed by atoms with Crippen molar-refractivity contribution in [1.82, 2.24) is 4.90 Å². The molecule has 0 aromatic rings. The van der Waals surface area contributed by atoms with Crippen molar-refractivity contribution in [2.45, 2.75) is 39.0 Å². The molecular weight excluding hydrogens is 162 g/mol. The number of nitrogens with zero attached hydrogens (tertiary/aromatic N) is 1. The van der Waals surface area contributed by atoms with Crippen molar-refractivity contribution in [3.8, 4) is 0 Å². The number of hydrogen-bond acceptors (Lipinski definition) is 2. The van der Waals surface area contributed by atoms with Crippen molar-refractivity contribution >= 4 is 0 Å². The molecule has 2 nitrogen and oxygen atoms in total. The summed E-state index contributed by atoms with van der Waals surface area (Å²) in [4.78, 5) is 2.55. The van der Waals surface area contributed by atoms with E-state index in [1.165, 1.54) is 38.9 Å². The maximum atomic E-state index is 10.2. The molecule has 0 aromatic heterocycles. The zero-order valence-corrected chi connectivity index (χ0v) is 8.80. The van der Waals surface area contributed by atoms with Crippen molar-refractivity contribution in [2.75, 3.05) is 26.2 Å². The molecule has 1 aliphatic rings. The van der Waals surface area contributed by atoms with Gasteiger partial charge in [0, 0.05) is 0 Å². The molecule has 0 amide bonds. The first-order valence-corrected chi connectivity index (χ1v) is 5.63. The lowest BCUT2D eigenvalue weighted by molar-refractivity contribution is -0.368. The van der Waals surface area contributed by atoms with Gasteiger partial charge >= 0.3 is 0 Å². The highest BCUT2D eigenvalue weighted by molar-refractivity contribution is 4.68.